The Bertz CT molecular complexity index is 684. The maximum atomic E-state index is 13.6. The van der Waals surface area contributed by atoms with Crippen LogP contribution in [0.15, 0.2) is 30.3 Å². The third-order valence-electron chi connectivity index (χ3n) is 2.88. The molecule has 7 heteroatoms. The van der Waals surface area contributed by atoms with Crippen molar-refractivity contribution < 1.29 is 13.6 Å². The van der Waals surface area contributed by atoms with Crippen molar-refractivity contribution >= 4 is 28.9 Å². The number of benzene rings is 2. The molecule has 0 spiro atoms. The second-order valence-electron chi connectivity index (χ2n) is 4.37. The molecule has 2 aromatic carbocycles. The van der Waals surface area contributed by atoms with Crippen LogP contribution in [0.4, 0.5) is 20.2 Å². The average molecular weight is 312 g/mol. The number of nitrogens with two attached hydrogens (primary N) is 1. The van der Waals surface area contributed by atoms with Crippen molar-refractivity contribution in [3.05, 3.63) is 58.1 Å². The zero-order valence-electron chi connectivity index (χ0n) is 11.0. The molecule has 4 nitrogen and oxygen atoms in total. The van der Waals surface area contributed by atoms with Gasteiger partial charge >= 0.3 is 0 Å². The van der Waals surface area contributed by atoms with E-state index >= 15 is 0 Å². The summed E-state index contributed by atoms with van der Waals surface area (Å²) in [6.07, 6.45) is 0. The summed E-state index contributed by atoms with van der Waals surface area (Å²) in [5, 5.41) is 2.13. The molecule has 1 amide bonds. The number of rotatable bonds is 3. The number of nitrogen functional groups attached to an aromatic ring is 1. The Morgan fingerprint density at radius 3 is 2.52 bits per heavy atom. The van der Waals surface area contributed by atoms with E-state index in [1.807, 2.05) is 0 Å². The smallest absolute Gasteiger partial charge is 0.256 e. The number of hydrogen-bond acceptors (Lipinski definition) is 3. The molecule has 0 aliphatic rings. The quantitative estimate of drug-likeness (QED) is 0.600. The van der Waals surface area contributed by atoms with Crippen molar-refractivity contribution in [2.45, 2.75) is 6.92 Å². The molecule has 0 saturated carbocycles. The summed E-state index contributed by atoms with van der Waals surface area (Å²) in [5.41, 5.74) is 3.80. The molecule has 0 radical (unpaired) electrons. The maximum Gasteiger partial charge on any atom is 0.256 e. The number of carbonyl (C=O) groups excluding carboxylic acids is 1. The Hall–Kier alpha value is -2.18. The van der Waals surface area contributed by atoms with Gasteiger partial charge in [-0.05, 0) is 36.8 Å². The number of halogens is 3. The molecule has 0 aromatic heterocycles. The predicted molar refractivity (Wildman–Crippen MR) is 78.3 cm³/mol. The monoisotopic (exact) mass is 311 g/mol. The van der Waals surface area contributed by atoms with Gasteiger partial charge < -0.3 is 10.7 Å². The van der Waals surface area contributed by atoms with Gasteiger partial charge in [0, 0.05) is 17.3 Å². The van der Waals surface area contributed by atoms with Gasteiger partial charge in [-0.25, -0.2) is 8.78 Å². The minimum atomic E-state index is -0.939. The highest BCUT2D eigenvalue weighted by molar-refractivity contribution is 6.34. The van der Waals surface area contributed by atoms with E-state index in [1.54, 1.807) is 19.1 Å². The highest BCUT2D eigenvalue weighted by Gasteiger charge is 2.15. The van der Waals surface area contributed by atoms with E-state index in [0.29, 0.717) is 22.9 Å². The Kier molecular flexibility index (Phi) is 4.40. The first kappa shape index (κ1) is 15.2. The lowest BCUT2D eigenvalue weighted by molar-refractivity contribution is 0.102. The number of nitrogens with one attached hydrogen (secondary N) is 2. The molecule has 0 fully saturated rings. The van der Waals surface area contributed by atoms with E-state index in [-0.39, 0.29) is 10.7 Å². The number of hydrazine groups is 1. The summed E-state index contributed by atoms with van der Waals surface area (Å²) in [7, 11) is 0. The number of amides is 1. The fourth-order valence-electron chi connectivity index (χ4n) is 1.85. The summed E-state index contributed by atoms with van der Waals surface area (Å²) in [5.74, 6) is 2.96. The van der Waals surface area contributed by atoms with Crippen LogP contribution in [0.3, 0.4) is 0 Å². The van der Waals surface area contributed by atoms with E-state index in [9.17, 15) is 13.6 Å². The van der Waals surface area contributed by atoms with Gasteiger partial charge in [-0.2, -0.15) is 0 Å². The van der Waals surface area contributed by atoms with Gasteiger partial charge in [0.2, 0.25) is 0 Å². The fourth-order valence-corrected chi connectivity index (χ4v) is 2.09. The highest BCUT2D eigenvalue weighted by Crippen LogP contribution is 2.27. The molecule has 0 bridgehead atoms. The lowest BCUT2D eigenvalue weighted by Gasteiger charge is -2.11. The molecule has 0 heterocycles. The summed E-state index contributed by atoms with van der Waals surface area (Å²) >= 11 is 5.73. The minimum Gasteiger partial charge on any atom is -0.324 e. The second-order valence-corrected chi connectivity index (χ2v) is 4.78. The molecule has 21 heavy (non-hydrogen) atoms. The molecule has 110 valence electrons. The molecule has 2 rings (SSSR count). The standard InChI is InChI=1S/C14H12ClF2N3O/c1-7-4-9(20-18)2-3-10(7)14(21)19-13-11(15)5-8(16)6-12(13)17/h2-6,20H,18H2,1H3,(H,19,21). The second kappa shape index (κ2) is 6.07. The first-order chi connectivity index (χ1) is 9.92. The number of aryl methyl sites for hydroxylation is 1. The molecule has 0 aliphatic carbocycles. The zero-order chi connectivity index (χ0) is 15.6. The van der Waals surface area contributed by atoms with E-state index < -0.39 is 17.5 Å². The van der Waals surface area contributed by atoms with E-state index in [2.05, 4.69) is 10.7 Å². The molecular weight excluding hydrogens is 300 g/mol. The topological polar surface area (TPSA) is 67.1 Å². The van der Waals surface area contributed by atoms with Crippen LogP contribution in [0, 0.1) is 18.6 Å². The summed E-state index contributed by atoms with van der Waals surface area (Å²) < 4.78 is 26.6. The van der Waals surface area contributed by atoms with Crippen LogP contribution in [-0.2, 0) is 0 Å². The van der Waals surface area contributed by atoms with Crippen molar-refractivity contribution in [2.75, 3.05) is 10.7 Å². The minimum absolute atomic E-state index is 0.209. The summed E-state index contributed by atoms with van der Waals surface area (Å²) in [6.45, 7) is 1.71. The first-order valence-electron chi connectivity index (χ1n) is 5.95. The number of carbonyl (C=O) groups is 1. The number of hydrogen-bond donors (Lipinski definition) is 3. The lowest BCUT2D eigenvalue weighted by Crippen LogP contribution is -2.15. The number of anilines is 2. The molecule has 0 unspecified atom stereocenters. The van der Waals surface area contributed by atoms with Gasteiger partial charge in [0.15, 0.2) is 5.82 Å². The fraction of sp³-hybridized carbons (Fsp3) is 0.0714. The van der Waals surface area contributed by atoms with Crippen molar-refractivity contribution in [2.24, 2.45) is 5.84 Å². The lowest BCUT2D eigenvalue weighted by atomic mass is 10.1. The Morgan fingerprint density at radius 2 is 1.95 bits per heavy atom. The highest BCUT2D eigenvalue weighted by atomic mass is 35.5. The van der Waals surface area contributed by atoms with Crippen LogP contribution in [-0.4, -0.2) is 5.91 Å². The van der Waals surface area contributed by atoms with Crippen LogP contribution in [0.5, 0.6) is 0 Å². The van der Waals surface area contributed by atoms with Crippen LogP contribution >= 0.6 is 11.6 Å². The average Bonchev–Trinajstić information content (AvgIpc) is 2.42. The molecule has 0 saturated heterocycles. The third kappa shape index (κ3) is 3.29. The molecular formula is C14H12ClF2N3O. The largest absolute Gasteiger partial charge is 0.324 e. The first-order valence-corrected chi connectivity index (χ1v) is 6.33. The van der Waals surface area contributed by atoms with Crippen molar-refractivity contribution in [1.82, 2.24) is 0 Å². The van der Waals surface area contributed by atoms with E-state index in [4.69, 9.17) is 17.4 Å². The Morgan fingerprint density at radius 1 is 1.24 bits per heavy atom. The predicted octanol–water partition coefficient (Wildman–Crippen LogP) is 3.46. The van der Waals surface area contributed by atoms with Crippen molar-refractivity contribution in [3.63, 3.8) is 0 Å². The van der Waals surface area contributed by atoms with Gasteiger partial charge in [-0.1, -0.05) is 11.6 Å². The van der Waals surface area contributed by atoms with Crippen molar-refractivity contribution in [3.8, 4) is 0 Å². The van der Waals surface area contributed by atoms with Crippen LogP contribution in [0.2, 0.25) is 5.02 Å². The van der Waals surface area contributed by atoms with Crippen LogP contribution < -0.4 is 16.6 Å². The normalized spacial score (nSPS) is 10.3. The SMILES string of the molecule is Cc1cc(NN)ccc1C(=O)Nc1c(F)cc(F)cc1Cl. The van der Waals surface area contributed by atoms with Gasteiger partial charge in [-0.3, -0.25) is 10.6 Å². The van der Waals surface area contributed by atoms with E-state index in [1.165, 1.54) is 6.07 Å². The zero-order valence-corrected chi connectivity index (χ0v) is 11.8. The molecule has 0 aliphatic heterocycles. The Balaban J connectivity index is 2.30. The van der Waals surface area contributed by atoms with Crippen LogP contribution in [0.1, 0.15) is 15.9 Å². The summed E-state index contributed by atoms with van der Waals surface area (Å²) in [6, 6.07) is 6.38. The molecule has 2 aromatic rings. The summed E-state index contributed by atoms with van der Waals surface area (Å²) in [4.78, 5) is 12.1. The van der Waals surface area contributed by atoms with Gasteiger partial charge in [0.25, 0.3) is 5.91 Å². The molecule has 0 atom stereocenters. The molecule has 4 N–H and O–H groups in total. The van der Waals surface area contributed by atoms with Gasteiger partial charge in [-0.15, -0.1) is 0 Å². The van der Waals surface area contributed by atoms with Gasteiger partial charge in [0.1, 0.15) is 5.82 Å². The van der Waals surface area contributed by atoms with Crippen LogP contribution in [0.25, 0.3) is 0 Å². The Labute approximate surface area is 124 Å². The third-order valence-corrected chi connectivity index (χ3v) is 3.18. The maximum absolute atomic E-state index is 13.6. The van der Waals surface area contributed by atoms with Crippen molar-refractivity contribution in [1.29, 1.82) is 0 Å². The van der Waals surface area contributed by atoms with E-state index in [0.717, 1.165) is 6.07 Å². The van der Waals surface area contributed by atoms with Gasteiger partial charge in [0.05, 0.1) is 10.7 Å².